The summed E-state index contributed by atoms with van der Waals surface area (Å²) in [5.74, 6) is -0.365. The van der Waals surface area contributed by atoms with Crippen molar-refractivity contribution in [3.05, 3.63) is 22.4 Å². The maximum atomic E-state index is 12.0. The van der Waals surface area contributed by atoms with Crippen LogP contribution in [0.15, 0.2) is 17.5 Å². The summed E-state index contributed by atoms with van der Waals surface area (Å²) in [4.78, 5) is 37.8. The van der Waals surface area contributed by atoms with Crippen molar-refractivity contribution in [1.82, 2.24) is 10.2 Å². The number of piperidine rings is 1. The number of rotatable bonds is 6. The molecule has 1 N–H and O–H groups in total. The lowest BCUT2D eigenvalue weighted by Gasteiger charge is -2.32. The van der Waals surface area contributed by atoms with Crippen LogP contribution in [0.25, 0.3) is 0 Å². The van der Waals surface area contributed by atoms with E-state index in [-0.39, 0.29) is 36.7 Å². The van der Waals surface area contributed by atoms with E-state index in [1.807, 2.05) is 17.5 Å². The van der Waals surface area contributed by atoms with E-state index in [1.54, 1.807) is 16.2 Å². The van der Waals surface area contributed by atoms with Gasteiger partial charge in [-0.05, 0) is 24.3 Å². The van der Waals surface area contributed by atoms with Crippen LogP contribution in [0.1, 0.15) is 30.6 Å². The Balaban J connectivity index is 1.68. The number of esters is 1. The minimum atomic E-state index is -0.367. The van der Waals surface area contributed by atoms with Crippen molar-refractivity contribution in [2.75, 3.05) is 20.2 Å². The summed E-state index contributed by atoms with van der Waals surface area (Å²) < 4.78 is 4.54. The number of thiophene rings is 1. The summed E-state index contributed by atoms with van der Waals surface area (Å²) in [5, 5.41) is 4.99. The second-order valence-electron chi connectivity index (χ2n) is 5.55. The molecule has 0 atom stereocenters. The molecule has 0 spiro atoms. The second-order valence-corrected chi connectivity index (χ2v) is 6.59. The summed E-state index contributed by atoms with van der Waals surface area (Å²) in [6.07, 6.45) is 2.21. The molecule has 1 aromatic heterocycles. The minimum absolute atomic E-state index is 0.0289. The van der Waals surface area contributed by atoms with Gasteiger partial charge in [-0.3, -0.25) is 14.4 Å². The molecule has 0 aliphatic carbocycles. The highest BCUT2D eigenvalue weighted by molar-refractivity contribution is 7.10. The summed E-state index contributed by atoms with van der Waals surface area (Å²) in [7, 11) is 1.32. The molecule has 1 aromatic rings. The van der Waals surface area contributed by atoms with Crippen LogP contribution < -0.4 is 5.32 Å². The van der Waals surface area contributed by atoms with Gasteiger partial charge >= 0.3 is 5.97 Å². The summed E-state index contributed by atoms with van der Waals surface area (Å²) >= 11 is 1.58. The Hall–Kier alpha value is -1.89. The Morgan fingerprint density at radius 1 is 1.30 bits per heavy atom. The number of likely N-dealkylation sites (tertiary alicyclic amines) is 1. The SMILES string of the molecule is COC(=O)CCC(=O)N1CCC(NC(=O)Cc2cccs2)CC1. The Kier molecular flexibility index (Phi) is 6.58. The van der Waals surface area contributed by atoms with Gasteiger partial charge in [-0.1, -0.05) is 6.07 Å². The molecule has 0 aromatic carbocycles. The molecular weight excluding hydrogens is 316 g/mol. The van der Waals surface area contributed by atoms with E-state index in [0.717, 1.165) is 17.7 Å². The van der Waals surface area contributed by atoms with Gasteiger partial charge in [0.2, 0.25) is 11.8 Å². The number of nitrogens with one attached hydrogen (secondary N) is 1. The molecule has 0 radical (unpaired) electrons. The van der Waals surface area contributed by atoms with Gasteiger partial charge in [-0.25, -0.2) is 0 Å². The van der Waals surface area contributed by atoms with E-state index in [9.17, 15) is 14.4 Å². The van der Waals surface area contributed by atoms with Crippen LogP contribution >= 0.6 is 11.3 Å². The number of ether oxygens (including phenoxy) is 1. The van der Waals surface area contributed by atoms with Gasteiger partial charge in [0.1, 0.15) is 0 Å². The standard InChI is InChI=1S/C16H22N2O4S/c1-22-16(21)5-4-15(20)18-8-6-12(7-9-18)17-14(19)11-13-3-2-10-23-13/h2-3,10,12H,4-9,11H2,1H3,(H,17,19). The largest absolute Gasteiger partial charge is 0.469 e. The zero-order chi connectivity index (χ0) is 16.7. The van der Waals surface area contributed by atoms with Crippen molar-refractivity contribution < 1.29 is 19.1 Å². The molecule has 0 bridgehead atoms. The van der Waals surface area contributed by atoms with Gasteiger partial charge < -0.3 is 15.0 Å². The Bertz CT molecular complexity index is 536. The van der Waals surface area contributed by atoms with E-state index in [1.165, 1.54) is 7.11 Å². The summed E-state index contributed by atoms with van der Waals surface area (Å²) in [6.45, 7) is 1.23. The van der Waals surface area contributed by atoms with Crippen LogP contribution in [-0.4, -0.2) is 48.9 Å². The molecule has 2 heterocycles. The predicted molar refractivity (Wildman–Crippen MR) is 87.0 cm³/mol. The second kappa shape index (κ2) is 8.67. The lowest BCUT2D eigenvalue weighted by atomic mass is 10.0. The van der Waals surface area contributed by atoms with Crippen LogP contribution in [0, 0.1) is 0 Å². The number of carbonyl (C=O) groups is 3. The van der Waals surface area contributed by atoms with Crippen molar-refractivity contribution in [2.24, 2.45) is 0 Å². The highest BCUT2D eigenvalue weighted by Gasteiger charge is 2.24. The third kappa shape index (κ3) is 5.67. The Morgan fingerprint density at radius 3 is 2.65 bits per heavy atom. The maximum absolute atomic E-state index is 12.0. The van der Waals surface area contributed by atoms with E-state index in [2.05, 4.69) is 10.1 Å². The predicted octanol–water partition coefficient (Wildman–Crippen LogP) is 1.35. The number of carbonyl (C=O) groups excluding carboxylic acids is 3. The van der Waals surface area contributed by atoms with Crippen LogP contribution in [0.3, 0.4) is 0 Å². The van der Waals surface area contributed by atoms with Crippen molar-refractivity contribution >= 4 is 29.1 Å². The molecule has 7 heteroatoms. The van der Waals surface area contributed by atoms with Crippen molar-refractivity contribution in [3.63, 3.8) is 0 Å². The van der Waals surface area contributed by atoms with Gasteiger partial charge in [0.05, 0.1) is 20.0 Å². The van der Waals surface area contributed by atoms with Crippen molar-refractivity contribution in [1.29, 1.82) is 0 Å². The summed E-state index contributed by atoms with van der Waals surface area (Å²) in [6, 6.07) is 4.01. The molecular formula is C16H22N2O4S. The first kappa shape index (κ1) is 17.5. The highest BCUT2D eigenvalue weighted by atomic mass is 32.1. The van der Waals surface area contributed by atoms with E-state index < -0.39 is 0 Å². The van der Waals surface area contributed by atoms with Crippen LogP contribution in [0.5, 0.6) is 0 Å². The molecule has 2 amide bonds. The smallest absolute Gasteiger partial charge is 0.306 e. The first-order chi connectivity index (χ1) is 11.1. The zero-order valence-electron chi connectivity index (χ0n) is 13.2. The van der Waals surface area contributed by atoms with Crippen molar-refractivity contribution in [2.45, 2.75) is 38.1 Å². The molecule has 2 rings (SSSR count). The molecule has 0 saturated carbocycles. The average molecular weight is 338 g/mol. The Morgan fingerprint density at radius 2 is 2.04 bits per heavy atom. The fourth-order valence-corrected chi connectivity index (χ4v) is 3.30. The number of methoxy groups -OCH3 is 1. The normalized spacial score (nSPS) is 15.3. The van der Waals surface area contributed by atoms with Gasteiger partial charge in [-0.2, -0.15) is 0 Å². The minimum Gasteiger partial charge on any atom is -0.469 e. The zero-order valence-corrected chi connectivity index (χ0v) is 14.1. The third-order valence-corrected chi connectivity index (χ3v) is 4.77. The fourth-order valence-electron chi connectivity index (χ4n) is 2.59. The van der Waals surface area contributed by atoms with E-state index in [4.69, 9.17) is 0 Å². The first-order valence-corrected chi connectivity index (χ1v) is 8.63. The lowest BCUT2D eigenvalue weighted by molar-refractivity contribution is -0.144. The summed E-state index contributed by atoms with van der Waals surface area (Å²) in [5.41, 5.74) is 0. The first-order valence-electron chi connectivity index (χ1n) is 7.75. The average Bonchev–Trinajstić information content (AvgIpc) is 3.05. The van der Waals surface area contributed by atoms with Crippen LogP contribution in [-0.2, 0) is 25.5 Å². The number of nitrogens with zero attached hydrogens (tertiary/aromatic N) is 1. The molecule has 1 saturated heterocycles. The molecule has 1 fully saturated rings. The Labute approximate surface area is 139 Å². The maximum Gasteiger partial charge on any atom is 0.306 e. The van der Waals surface area contributed by atoms with Gasteiger partial charge in [-0.15, -0.1) is 11.3 Å². The number of hydrogen-bond acceptors (Lipinski definition) is 5. The third-order valence-electron chi connectivity index (χ3n) is 3.90. The van der Waals surface area contributed by atoms with E-state index >= 15 is 0 Å². The monoisotopic (exact) mass is 338 g/mol. The van der Waals surface area contributed by atoms with Gasteiger partial charge in [0.25, 0.3) is 0 Å². The lowest BCUT2D eigenvalue weighted by Crippen LogP contribution is -2.46. The van der Waals surface area contributed by atoms with Crippen LogP contribution in [0.2, 0.25) is 0 Å². The number of amides is 2. The fraction of sp³-hybridized carbons (Fsp3) is 0.562. The molecule has 1 aliphatic rings. The van der Waals surface area contributed by atoms with E-state index in [0.29, 0.717) is 19.5 Å². The highest BCUT2D eigenvalue weighted by Crippen LogP contribution is 2.14. The molecule has 126 valence electrons. The van der Waals surface area contributed by atoms with Crippen LogP contribution in [0.4, 0.5) is 0 Å². The molecule has 6 nitrogen and oxygen atoms in total. The topological polar surface area (TPSA) is 75.7 Å². The molecule has 1 aliphatic heterocycles. The quantitative estimate of drug-likeness (QED) is 0.795. The number of hydrogen-bond donors (Lipinski definition) is 1. The van der Waals surface area contributed by atoms with Crippen molar-refractivity contribution in [3.8, 4) is 0 Å². The van der Waals surface area contributed by atoms with Gasteiger partial charge in [0.15, 0.2) is 0 Å². The molecule has 23 heavy (non-hydrogen) atoms. The van der Waals surface area contributed by atoms with Gasteiger partial charge in [0, 0.05) is 30.4 Å². The molecule has 0 unspecified atom stereocenters.